The quantitative estimate of drug-likeness (QED) is 0.343. The van der Waals surface area contributed by atoms with Crippen LogP contribution in [0.4, 0.5) is 5.69 Å². The highest BCUT2D eigenvalue weighted by Crippen LogP contribution is 2.42. The lowest BCUT2D eigenvalue weighted by Crippen LogP contribution is -2.49. The van der Waals surface area contributed by atoms with Gasteiger partial charge in [0.05, 0.1) is 5.41 Å². The van der Waals surface area contributed by atoms with Crippen molar-refractivity contribution in [3.8, 4) is 0 Å². The highest BCUT2D eigenvalue weighted by Gasteiger charge is 2.47. The monoisotopic (exact) mass is 590 g/mol. The van der Waals surface area contributed by atoms with Gasteiger partial charge in [-0.15, -0.1) is 0 Å². The summed E-state index contributed by atoms with van der Waals surface area (Å²) in [6, 6.07) is 14.7. The molecule has 1 saturated carbocycles. The molecule has 0 bridgehead atoms. The van der Waals surface area contributed by atoms with E-state index in [1.165, 1.54) is 6.92 Å². The van der Waals surface area contributed by atoms with E-state index in [2.05, 4.69) is 10.6 Å². The molecule has 0 radical (unpaired) electrons. The maximum absolute atomic E-state index is 13.5. The summed E-state index contributed by atoms with van der Waals surface area (Å²) < 4.78 is 0. The van der Waals surface area contributed by atoms with Crippen LogP contribution in [-0.4, -0.2) is 58.2 Å². The zero-order valence-electron chi connectivity index (χ0n) is 25.2. The van der Waals surface area contributed by atoms with Crippen molar-refractivity contribution in [2.45, 2.75) is 90.4 Å². The number of carbonyl (C=O) groups is 5. The van der Waals surface area contributed by atoms with Crippen molar-refractivity contribution in [1.82, 2.24) is 15.5 Å². The molecule has 1 heterocycles. The third kappa shape index (κ3) is 7.06. The number of aliphatic carboxylic acids is 1. The fourth-order valence-corrected chi connectivity index (χ4v) is 6.34. The second kappa shape index (κ2) is 13.8. The van der Waals surface area contributed by atoms with Crippen LogP contribution in [0.2, 0.25) is 0 Å². The Morgan fingerprint density at radius 3 is 2.26 bits per heavy atom. The summed E-state index contributed by atoms with van der Waals surface area (Å²) in [5.41, 5.74) is 1.41. The molecule has 1 saturated heterocycles. The lowest BCUT2D eigenvalue weighted by molar-refractivity contribution is -0.144. The van der Waals surface area contributed by atoms with Crippen molar-refractivity contribution in [3.63, 3.8) is 0 Å². The van der Waals surface area contributed by atoms with Crippen molar-refractivity contribution >= 4 is 35.3 Å². The van der Waals surface area contributed by atoms with Crippen LogP contribution in [0, 0.1) is 5.41 Å². The van der Waals surface area contributed by atoms with Crippen LogP contribution in [-0.2, 0) is 30.4 Å². The minimum atomic E-state index is -1.13. The number of carbonyl (C=O) groups excluding carboxylic acids is 4. The molecule has 1 aliphatic carbocycles. The molecule has 10 heteroatoms. The van der Waals surface area contributed by atoms with Gasteiger partial charge in [-0.3, -0.25) is 24.1 Å². The number of hydrogen-bond acceptors (Lipinski definition) is 5. The highest BCUT2D eigenvalue weighted by molar-refractivity contribution is 6.03. The van der Waals surface area contributed by atoms with Gasteiger partial charge in [-0.2, -0.15) is 0 Å². The van der Waals surface area contributed by atoms with Gasteiger partial charge in [0.1, 0.15) is 18.2 Å². The van der Waals surface area contributed by atoms with Crippen LogP contribution >= 0.6 is 0 Å². The number of hydrogen-bond donors (Lipinski definition) is 3. The van der Waals surface area contributed by atoms with E-state index in [9.17, 15) is 29.1 Å². The normalized spacial score (nSPS) is 20.1. The van der Waals surface area contributed by atoms with Gasteiger partial charge >= 0.3 is 5.97 Å². The predicted molar refractivity (Wildman–Crippen MR) is 162 cm³/mol. The SMILES string of the molecule is CCCC(=O)N1C(c2ccccc2)N(c2ccc(CC(NC(=O)C3(CCNC(C)=O)CCCC3)C(=O)O)cc2)C(=O)[C@H]1C. The first-order valence-electron chi connectivity index (χ1n) is 15.1. The van der Waals surface area contributed by atoms with Crippen LogP contribution in [0.3, 0.4) is 0 Å². The van der Waals surface area contributed by atoms with E-state index in [-0.39, 0.29) is 30.0 Å². The molecule has 43 heavy (non-hydrogen) atoms. The number of nitrogens with zero attached hydrogens (tertiary/aromatic N) is 2. The van der Waals surface area contributed by atoms with Gasteiger partial charge in [0.25, 0.3) is 5.91 Å². The number of carboxylic acid groups (broad SMARTS) is 1. The Morgan fingerprint density at radius 2 is 1.67 bits per heavy atom. The van der Waals surface area contributed by atoms with Gasteiger partial charge in [0.15, 0.2) is 0 Å². The molecule has 230 valence electrons. The molecule has 1 aliphatic heterocycles. The van der Waals surface area contributed by atoms with Crippen LogP contribution in [0.15, 0.2) is 54.6 Å². The lowest BCUT2D eigenvalue weighted by atomic mass is 9.81. The first kappa shape index (κ1) is 31.7. The number of anilines is 1. The molecule has 2 unspecified atom stereocenters. The molecule has 2 aromatic rings. The summed E-state index contributed by atoms with van der Waals surface area (Å²) in [6.07, 6.45) is 4.01. The van der Waals surface area contributed by atoms with E-state index >= 15 is 0 Å². The Labute approximate surface area is 252 Å². The topological polar surface area (TPSA) is 136 Å². The molecule has 2 aliphatic rings. The first-order chi connectivity index (χ1) is 20.6. The second-order valence-corrected chi connectivity index (χ2v) is 11.7. The van der Waals surface area contributed by atoms with E-state index in [0.717, 1.165) is 18.4 Å². The molecule has 2 fully saturated rings. The molecular weight excluding hydrogens is 548 g/mol. The van der Waals surface area contributed by atoms with Gasteiger partial charge in [-0.05, 0) is 55.9 Å². The van der Waals surface area contributed by atoms with Crippen LogP contribution in [0.1, 0.15) is 83.0 Å². The van der Waals surface area contributed by atoms with Crippen molar-refractivity contribution in [2.75, 3.05) is 11.4 Å². The van der Waals surface area contributed by atoms with Crippen LogP contribution < -0.4 is 15.5 Å². The maximum atomic E-state index is 13.5. The van der Waals surface area contributed by atoms with E-state index in [0.29, 0.717) is 49.9 Å². The smallest absolute Gasteiger partial charge is 0.326 e. The summed E-state index contributed by atoms with van der Waals surface area (Å²) in [4.78, 5) is 66.9. The number of amides is 4. The summed E-state index contributed by atoms with van der Waals surface area (Å²) in [6.45, 7) is 5.46. The maximum Gasteiger partial charge on any atom is 0.326 e. The van der Waals surface area contributed by atoms with Crippen molar-refractivity contribution in [2.24, 2.45) is 5.41 Å². The van der Waals surface area contributed by atoms with Crippen LogP contribution in [0.5, 0.6) is 0 Å². The Morgan fingerprint density at radius 1 is 1.02 bits per heavy atom. The van der Waals surface area contributed by atoms with Crippen molar-refractivity contribution in [3.05, 3.63) is 65.7 Å². The van der Waals surface area contributed by atoms with Gasteiger partial charge in [0, 0.05) is 32.0 Å². The molecule has 3 N–H and O–H groups in total. The van der Waals surface area contributed by atoms with Gasteiger partial charge in [0.2, 0.25) is 17.7 Å². The molecule has 4 amide bonds. The Hall–Kier alpha value is -4.21. The fourth-order valence-electron chi connectivity index (χ4n) is 6.34. The van der Waals surface area contributed by atoms with E-state index in [4.69, 9.17) is 0 Å². The summed E-state index contributed by atoms with van der Waals surface area (Å²) in [5.74, 6) is -1.87. The molecule has 4 rings (SSSR count). The third-order valence-electron chi connectivity index (χ3n) is 8.65. The Balaban J connectivity index is 1.53. The summed E-state index contributed by atoms with van der Waals surface area (Å²) >= 11 is 0. The summed E-state index contributed by atoms with van der Waals surface area (Å²) in [5, 5.41) is 15.5. The molecular formula is C33H42N4O6. The third-order valence-corrected chi connectivity index (χ3v) is 8.65. The average molecular weight is 591 g/mol. The minimum Gasteiger partial charge on any atom is -0.480 e. The van der Waals surface area contributed by atoms with Gasteiger partial charge < -0.3 is 20.6 Å². The number of nitrogens with one attached hydrogen (secondary N) is 2. The number of benzene rings is 2. The second-order valence-electron chi connectivity index (χ2n) is 11.7. The fraction of sp³-hybridized carbons (Fsp3) is 0.485. The standard InChI is InChI=1S/C33H42N4O6/c1-4-10-28(39)36-22(2)30(40)37(29(36)25-11-6-5-7-12-25)26-15-13-24(14-16-26)21-27(31(41)42)35-32(43)33(17-8-9-18-33)19-20-34-23(3)38/h5-7,11-16,22,27,29H,4,8-10,17-21H2,1-3H3,(H,34,38)(H,35,43)(H,41,42)/t22-,27?,29?/m1/s1. The minimum absolute atomic E-state index is 0.0662. The van der Waals surface area contributed by atoms with Crippen molar-refractivity contribution in [1.29, 1.82) is 0 Å². The average Bonchev–Trinajstić information content (AvgIpc) is 3.57. The molecule has 0 spiro atoms. The van der Waals surface area contributed by atoms with E-state index < -0.39 is 29.6 Å². The van der Waals surface area contributed by atoms with Gasteiger partial charge in [-0.25, -0.2) is 4.79 Å². The van der Waals surface area contributed by atoms with Crippen molar-refractivity contribution < 1.29 is 29.1 Å². The number of carboxylic acids is 1. The lowest BCUT2D eigenvalue weighted by Gasteiger charge is -2.31. The highest BCUT2D eigenvalue weighted by atomic mass is 16.4. The predicted octanol–water partition coefficient (Wildman–Crippen LogP) is 3.95. The Bertz CT molecular complexity index is 1320. The van der Waals surface area contributed by atoms with Crippen LogP contribution in [0.25, 0.3) is 0 Å². The molecule has 10 nitrogen and oxygen atoms in total. The zero-order valence-corrected chi connectivity index (χ0v) is 25.2. The molecule has 0 aromatic heterocycles. The van der Waals surface area contributed by atoms with E-state index in [1.54, 1.807) is 41.0 Å². The molecule has 2 aromatic carbocycles. The summed E-state index contributed by atoms with van der Waals surface area (Å²) in [7, 11) is 0. The number of rotatable bonds is 12. The zero-order chi connectivity index (χ0) is 31.1. The largest absolute Gasteiger partial charge is 0.480 e. The molecule has 3 atom stereocenters. The van der Waals surface area contributed by atoms with E-state index in [1.807, 2.05) is 37.3 Å². The van der Waals surface area contributed by atoms with Gasteiger partial charge in [-0.1, -0.05) is 62.2 Å². The first-order valence-corrected chi connectivity index (χ1v) is 15.1. The Kier molecular flexibility index (Phi) is 10.2.